The molecule has 2 heterocycles. The Kier molecular flexibility index (Phi) is 4.23. The maximum atomic E-state index is 5.61. The van der Waals surface area contributed by atoms with E-state index in [1.165, 1.54) is 6.42 Å². The molecule has 1 aromatic rings. The molecule has 0 aromatic carbocycles. The Morgan fingerprint density at radius 2 is 2.47 bits per heavy atom. The van der Waals surface area contributed by atoms with Crippen LogP contribution in [-0.4, -0.2) is 34.1 Å². The molecule has 3 nitrogen and oxygen atoms in total. The van der Waals surface area contributed by atoms with E-state index < -0.39 is 0 Å². The van der Waals surface area contributed by atoms with Crippen LogP contribution in [0.4, 0.5) is 5.82 Å². The van der Waals surface area contributed by atoms with Crippen molar-refractivity contribution < 1.29 is 0 Å². The number of hydrogen-bond acceptors (Lipinski definition) is 4. The van der Waals surface area contributed by atoms with Crippen LogP contribution in [0.15, 0.2) is 18.2 Å². The number of aromatic nitrogens is 1. The lowest BCUT2D eigenvalue weighted by molar-refractivity contribution is 0.720. The van der Waals surface area contributed by atoms with Crippen LogP contribution in [0, 0.1) is 0 Å². The van der Waals surface area contributed by atoms with E-state index in [4.69, 9.17) is 18.0 Å². The molecule has 92 valence electrons. The second-order valence-corrected chi connectivity index (χ2v) is 5.94. The Hall–Kier alpha value is -0.810. The van der Waals surface area contributed by atoms with Gasteiger partial charge in [0.25, 0.3) is 0 Å². The topological polar surface area (TPSA) is 42.1 Å². The SMILES string of the molecule is CCC1CN(c2cccc(C(N)=S)n2)CCS1. The summed E-state index contributed by atoms with van der Waals surface area (Å²) >= 11 is 7.01. The average Bonchev–Trinajstić information content (AvgIpc) is 2.39. The molecule has 5 heteroatoms. The molecule has 0 bridgehead atoms. The van der Waals surface area contributed by atoms with Crippen LogP contribution in [0.5, 0.6) is 0 Å². The first-order chi connectivity index (χ1) is 8.20. The Bertz CT molecular complexity index is 408. The average molecular weight is 267 g/mol. The van der Waals surface area contributed by atoms with Crippen molar-refractivity contribution in [2.75, 3.05) is 23.7 Å². The first-order valence-electron chi connectivity index (χ1n) is 5.84. The third-order valence-electron chi connectivity index (χ3n) is 2.90. The van der Waals surface area contributed by atoms with Gasteiger partial charge in [0.05, 0.1) is 5.69 Å². The molecule has 0 saturated carbocycles. The second kappa shape index (κ2) is 5.69. The molecule has 2 rings (SSSR count). The zero-order chi connectivity index (χ0) is 12.3. The van der Waals surface area contributed by atoms with Crippen molar-refractivity contribution in [2.45, 2.75) is 18.6 Å². The minimum atomic E-state index is 0.366. The van der Waals surface area contributed by atoms with Gasteiger partial charge in [-0.25, -0.2) is 4.98 Å². The molecule has 17 heavy (non-hydrogen) atoms. The van der Waals surface area contributed by atoms with E-state index in [1.807, 2.05) is 18.2 Å². The number of thiocarbonyl (C=S) groups is 1. The van der Waals surface area contributed by atoms with E-state index in [1.54, 1.807) is 0 Å². The van der Waals surface area contributed by atoms with Crippen LogP contribution in [0.2, 0.25) is 0 Å². The highest BCUT2D eigenvalue weighted by molar-refractivity contribution is 8.00. The highest BCUT2D eigenvalue weighted by Gasteiger charge is 2.20. The summed E-state index contributed by atoms with van der Waals surface area (Å²) in [4.78, 5) is 7.21. The number of nitrogens with two attached hydrogens (primary N) is 1. The fraction of sp³-hybridized carbons (Fsp3) is 0.500. The van der Waals surface area contributed by atoms with Gasteiger partial charge in [-0.1, -0.05) is 25.2 Å². The summed E-state index contributed by atoms with van der Waals surface area (Å²) in [5.74, 6) is 2.16. The van der Waals surface area contributed by atoms with Crippen LogP contribution < -0.4 is 10.6 Å². The Labute approximate surface area is 112 Å². The van der Waals surface area contributed by atoms with Crippen molar-refractivity contribution in [3.05, 3.63) is 23.9 Å². The third kappa shape index (κ3) is 3.10. The summed E-state index contributed by atoms with van der Waals surface area (Å²) in [6, 6.07) is 5.87. The van der Waals surface area contributed by atoms with Gasteiger partial charge in [0.2, 0.25) is 0 Å². The fourth-order valence-corrected chi connectivity index (χ4v) is 3.20. The molecule has 1 saturated heterocycles. The first kappa shape index (κ1) is 12.6. The number of nitrogens with zero attached hydrogens (tertiary/aromatic N) is 2. The Morgan fingerprint density at radius 3 is 3.18 bits per heavy atom. The Morgan fingerprint density at radius 1 is 1.65 bits per heavy atom. The standard InChI is InChI=1S/C12H17N3S2/c1-2-9-8-15(6-7-17-9)11-5-3-4-10(14-11)12(13)16/h3-5,9H,2,6-8H2,1H3,(H2,13,16). The van der Waals surface area contributed by atoms with Gasteiger partial charge in [-0.15, -0.1) is 0 Å². The number of rotatable bonds is 3. The molecule has 2 N–H and O–H groups in total. The van der Waals surface area contributed by atoms with Crippen molar-refractivity contribution in [1.29, 1.82) is 0 Å². The van der Waals surface area contributed by atoms with Crippen LogP contribution in [0.3, 0.4) is 0 Å². The second-order valence-electron chi connectivity index (χ2n) is 4.09. The molecule has 1 unspecified atom stereocenters. The summed E-state index contributed by atoms with van der Waals surface area (Å²) in [6.45, 7) is 4.35. The first-order valence-corrected chi connectivity index (χ1v) is 7.30. The van der Waals surface area contributed by atoms with Crippen molar-refractivity contribution >= 4 is 34.8 Å². The van der Waals surface area contributed by atoms with Crippen molar-refractivity contribution in [1.82, 2.24) is 4.98 Å². The lowest BCUT2D eigenvalue weighted by atomic mass is 10.2. The Balaban J connectivity index is 2.16. The summed E-state index contributed by atoms with van der Waals surface area (Å²) in [6.07, 6.45) is 1.20. The molecule has 1 aromatic heterocycles. The molecule has 0 amide bonds. The lowest BCUT2D eigenvalue weighted by Crippen LogP contribution is -2.38. The van der Waals surface area contributed by atoms with Crippen molar-refractivity contribution in [2.24, 2.45) is 5.73 Å². The maximum Gasteiger partial charge on any atom is 0.129 e. The number of pyridine rings is 1. The molecule has 1 fully saturated rings. The maximum absolute atomic E-state index is 5.61. The smallest absolute Gasteiger partial charge is 0.129 e. The highest BCUT2D eigenvalue weighted by atomic mass is 32.2. The largest absolute Gasteiger partial charge is 0.388 e. The highest BCUT2D eigenvalue weighted by Crippen LogP contribution is 2.24. The van der Waals surface area contributed by atoms with Gasteiger partial charge >= 0.3 is 0 Å². The molecule has 1 atom stereocenters. The molecule has 1 aliphatic rings. The van der Waals surface area contributed by atoms with E-state index in [2.05, 4.69) is 28.6 Å². The van der Waals surface area contributed by atoms with E-state index >= 15 is 0 Å². The fourth-order valence-electron chi connectivity index (χ4n) is 1.91. The van der Waals surface area contributed by atoms with Crippen LogP contribution >= 0.6 is 24.0 Å². The van der Waals surface area contributed by atoms with E-state index in [9.17, 15) is 0 Å². The number of thioether (sulfide) groups is 1. The van der Waals surface area contributed by atoms with Gasteiger partial charge in [-0.3, -0.25) is 0 Å². The van der Waals surface area contributed by atoms with Gasteiger partial charge in [0, 0.05) is 24.1 Å². The lowest BCUT2D eigenvalue weighted by Gasteiger charge is -2.32. The summed E-state index contributed by atoms with van der Waals surface area (Å²) < 4.78 is 0. The minimum absolute atomic E-state index is 0.366. The molecule has 0 aliphatic carbocycles. The van der Waals surface area contributed by atoms with Crippen molar-refractivity contribution in [3.8, 4) is 0 Å². The third-order valence-corrected chi connectivity index (χ3v) is 4.49. The van der Waals surface area contributed by atoms with E-state index in [0.717, 1.165) is 24.7 Å². The van der Waals surface area contributed by atoms with Crippen molar-refractivity contribution in [3.63, 3.8) is 0 Å². The monoisotopic (exact) mass is 267 g/mol. The van der Waals surface area contributed by atoms with Crippen LogP contribution in [-0.2, 0) is 0 Å². The molecule has 0 spiro atoms. The zero-order valence-electron chi connectivity index (χ0n) is 9.93. The van der Waals surface area contributed by atoms with E-state index in [-0.39, 0.29) is 0 Å². The zero-order valence-corrected chi connectivity index (χ0v) is 11.6. The van der Waals surface area contributed by atoms with Gasteiger partial charge in [0.15, 0.2) is 0 Å². The number of hydrogen-bond donors (Lipinski definition) is 1. The quantitative estimate of drug-likeness (QED) is 0.849. The van der Waals surface area contributed by atoms with Gasteiger partial charge < -0.3 is 10.6 Å². The predicted octanol–water partition coefficient (Wildman–Crippen LogP) is 2.05. The van der Waals surface area contributed by atoms with Gasteiger partial charge in [0.1, 0.15) is 10.8 Å². The molecule has 1 aliphatic heterocycles. The number of anilines is 1. The summed E-state index contributed by atoms with van der Waals surface area (Å²) in [5.41, 5.74) is 6.32. The summed E-state index contributed by atoms with van der Waals surface area (Å²) in [5, 5.41) is 0.707. The van der Waals surface area contributed by atoms with Crippen LogP contribution in [0.25, 0.3) is 0 Å². The minimum Gasteiger partial charge on any atom is -0.388 e. The van der Waals surface area contributed by atoms with E-state index in [0.29, 0.717) is 15.9 Å². The molecular weight excluding hydrogens is 250 g/mol. The summed E-state index contributed by atoms with van der Waals surface area (Å²) in [7, 11) is 0. The molecule has 0 radical (unpaired) electrons. The van der Waals surface area contributed by atoms with Gasteiger partial charge in [-0.2, -0.15) is 11.8 Å². The predicted molar refractivity (Wildman–Crippen MR) is 78.9 cm³/mol. The molecular formula is C12H17N3S2. The van der Waals surface area contributed by atoms with Gasteiger partial charge in [-0.05, 0) is 18.6 Å². The van der Waals surface area contributed by atoms with Crippen LogP contribution in [0.1, 0.15) is 19.0 Å². The normalized spacial score (nSPS) is 20.3.